The lowest BCUT2D eigenvalue weighted by Gasteiger charge is -2.08. The van der Waals surface area contributed by atoms with E-state index in [1.54, 1.807) is 26.5 Å². The number of aromatic nitrogens is 1. The molecule has 1 aromatic carbocycles. The predicted molar refractivity (Wildman–Crippen MR) is 59.9 cm³/mol. The van der Waals surface area contributed by atoms with Crippen molar-refractivity contribution in [2.75, 3.05) is 14.2 Å². The molecule has 0 atom stereocenters. The van der Waals surface area contributed by atoms with Gasteiger partial charge in [0.1, 0.15) is 16.7 Å². The van der Waals surface area contributed by atoms with Crippen LogP contribution in [0.2, 0.25) is 5.15 Å². The zero-order valence-electron chi connectivity index (χ0n) is 8.45. The molecule has 15 heavy (non-hydrogen) atoms. The van der Waals surface area contributed by atoms with E-state index in [9.17, 15) is 0 Å². The number of pyridine rings is 1. The van der Waals surface area contributed by atoms with Crippen LogP contribution in [-0.4, -0.2) is 19.2 Å². The quantitative estimate of drug-likeness (QED) is 0.734. The van der Waals surface area contributed by atoms with Crippen LogP contribution in [0, 0.1) is 0 Å². The van der Waals surface area contributed by atoms with E-state index in [-0.39, 0.29) is 0 Å². The minimum atomic E-state index is 0.456. The van der Waals surface area contributed by atoms with E-state index in [4.69, 9.17) is 21.1 Å². The Balaban J connectivity index is 2.74. The molecule has 2 aromatic rings. The number of ether oxygens (including phenoxy) is 2. The minimum Gasteiger partial charge on any atom is -0.497 e. The molecule has 0 unspecified atom stereocenters. The van der Waals surface area contributed by atoms with Gasteiger partial charge in [-0.25, -0.2) is 4.98 Å². The summed E-state index contributed by atoms with van der Waals surface area (Å²) < 4.78 is 10.4. The van der Waals surface area contributed by atoms with Gasteiger partial charge in [0.25, 0.3) is 0 Å². The summed E-state index contributed by atoms with van der Waals surface area (Å²) in [6.45, 7) is 0. The summed E-state index contributed by atoms with van der Waals surface area (Å²) in [5.74, 6) is 1.47. The Kier molecular flexibility index (Phi) is 2.64. The lowest BCUT2D eigenvalue weighted by Crippen LogP contribution is -1.89. The van der Waals surface area contributed by atoms with Crippen LogP contribution < -0.4 is 9.47 Å². The van der Waals surface area contributed by atoms with E-state index < -0.39 is 0 Å². The lowest BCUT2D eigenvalue weighted by atomic mass is 10.1. The van der Waals surface area contributed by atoms with Crippen LogP contribution in [0.25, 0.3) is 10.8 Å². The molecule has 0 radical (unpaired) electrons. The van der Waals surface area contributed by atoms with Gasteiger partial charge < -0.3 is 9.47 Å². The smallest absolute Gasteiger partial charge is 0.131 e. The van der Waals surface area contributed by atoms with E-state index in [1.807, 2.05) is 12.1 Å². The van der Waals surface area contributed by atoms with Gasteiger partial charge in [-0.15, -0.1) is 0 Å². The number of hydrogen-bond acceptors (Lipinski definition) is 3. The highest BCUT2D eigenvalue weighted by molar-refractivity contribution is 6.30. The molecule has 3 nitrogen and oxygen atoms in total. The number of halogens is 1. The third kappa shape index (κ3) is 1.83. The Morgan fingerprint density at radius 3 is 2.60 bits per heavy atom. The van der Waals surface area contributed by atoms with Crippen LogP contribution in [-0.2, 0) is 0 Å². The minimum absolute atomic E-state index is 0.456. The summed E-state index contributed by atoms with van der Waals surface area (Å²) in [6.07, 6.45) is 1.69. The van der Waals surface area contributed by atoms with Crippen LogP contribution in [0.5, 0.6) is 11.5 Å². The van der Waals surface area contributed by atoms with Crippen molar-refractivity contribution in [1.82, 2.24) is 4.98 Å². The predicted octanol–water partition coefficient (Wildman–Crippen LogP) is 2.91. The summed E-state index contributed by atoms with van der Waals surface area (Å²) >= 11 is 5.82. The molecule has 1 aromatic heterocycles. The van der Waals surface area contributed by atoms with Gasteiger partial charge in [0.2, 0.25) is 0 Å². The maximum atomic E-state index is 5.82. The standard InChI is InChI=1S/C11H10ClNO2/c1-14-8-3-7-4-11(12)13-6-9(7)10(5-8)15-2/h3-6H,1-2H3. The van der Waals surface area contributed by atoms with Crippen molar-refractivity contribution in [3.05, 3.63) is 29.5 Å². The van der Waals surface area contributed by atoms with Gasteiger partial charge in [-0.1, -0.05) is 11.6 Å². The number of hydrogen-bond donors (Lipinski definition) is 0. The van der Waals surface area contributed by atoms with Crippen molar-refractivity contribution in [3.63, 3.8) is 0 Å². The summed E-state index contributed by atoms with van der Waals surface area (Å²) in [5, 5.41) is 2.33. The molecule has 0 fully saturated rings. The van der Waals surface area contributed by atoms with Crippen LogP contribution in [0.1, 0.15) is 0 Å². The Hall–Kier alpha value is -1.48. The van der Waals surface area contributed by atoms with Gasteiger partial charge >= 0.3 is 0 Å². The molecule has 1 heterocycles. The van der Waals surface area contributed by atoms with Crippen molar-refractivity contribution in [3.8, 4) is 11.5 Å². The first kappa shape index (κ1) is 10.1. The van der Waals surface area contributed by atoms with Gasteiger partial charge in [-0.3, -0.25) is 0 Å². The summed E-state index contributed by atoms with van der Waals surface area (Å²) in [5.41, 5.74) is 0. The zero-order chi connectivity index (χ0) is 10.8. The molecule has 0 amide bonds. The van der Waals surface area contributed by atoms with Gasteiger partial charge in [-0.2, -0.15) is 0 Å². The van der Waals surface area contributed by atoms with E-state index in [0.29, 0.717) is 5.15 Å². The van der Waals surface area contributed by atoms with Crippen LogP contribution in [0.15, 0.2) is 24.4 Å². The number of rotatable bonds is 2. The summed E-state index contributed by atoms with van der Waals surface area (Å²) in [4.78, 5) is 4.02. The highest BCUT2D eigenvalue weighted by atomic mass is 35.5. The van der Waals surface area contributed by atoms with E-state index in [1.165, 1.54) is 0 Å². The second-order valence-corrected chi connectivity index (χ2v) is 3.45. The summed E-state index contributed by atoms with van der Waals surface area (Å²) in [6, 6.07) is 5.49. The molecular formula is C11H10ClNO2. The average molecular weight is 224 g/mol. The number of benzene rings is 1. The van der Waals surface area contributed by atoms with Crippen molar-refractivity contribution in [1.29, 1.82) is 0 Å². The monoisotopic (exact) mass is 223 g/mol. The third-order valence-corrected chi connectivity index (χ3v) is 2.40. The lowest BCUT2D eigenvalue weighted by molar-refractivity contribution is 0.398. The molecule has 0 aliphatic heterocycles. The topological polar surface area (TPSA) is 31.4 Å². The second-order valence-electron chi connectivity index (χ2n) is 3.06. The fourth-order valence-corrected chi connectivity index (χ4v) is 1.62. The molecule has 2 rings (SSSR count). The van der Waals surface area contributed by atoms with Gasteiger partial charge in [0.15, 0.2) is 0 Å². The highest BCUT2D eigenvalue weighted by Crippen LogP contribution is 2.31. The van der Waals surface area contributed by atoms with Crippen molar-refractivity contribution < 1.29 is 9.47 Å². The van der Waals surface area contributed by atoms with E-state index in [2.05, 4.69) is 4.98 Å². The van der Waals surface area contributed by atoms with Gasteiger partial charge in [0.05, 0.1) is 14.2 Å². The Bertz CT molecular complexity index is 499. The first-order valence-corrected chi connectivity index (χ1v) is 4.79. The van der Waals surface area contributed by atoms with Gasteiger partial charge in [-0.05, 0) is 17.5 Å². The number of methoxy groups -OCH3 is 2. The average Bonchev–Trinajstić information content (AvgIpc) is 2.26. The maximum Gasteiger partial charge on any atom is 0.131 e. The Labute approximate surface area is 92.6 Å². The van der Waals surface area contributed by atoms with E-state index >= 15 is 0 Å². The zero-order valence-corrected chi connectivity index (χ0v) is 9.21. The Morgan fingerprint density at radius 2 is 1.93 bits per heavy atom. The maximum absolute atomic E-state index is 5.82. The molecule has 78 valence electrons. The molecule has 0 saturated carbocycles. The molecule has 0 N–H and O–H groups in total. The first-order chi connectivity index (χ1) is 7.24. The van der Waals surface area contributed by atoms with Gasteiger partial charge in [0, 0.05) is 17.6 Å². The van der Waals surface area contributed by atoms with Crippen molar-refractivity contribution in [2.24, 2.45) is 0 Å². The molecule has 4 heteroatoms. The fraction of sp³-hybridized carbons (Fsp3) is 0.182. The van der Waals surface area contributed by atoms with Crippen LogP contribution in [0.4, 0.5) is 0 Å². The second kappa shape index (κ2) is 3.95. The molecule has 0 aliphatic rings. The molecule has 0 spiro atoms. The molecule has 0 saturated heterocycles. The van der Waals surface area contributed by atoms with Crippen LogP contribution >= 0.6 is 11.6 Å². The molecule has 0 bridgehead atoms. The van der Waals surface area contributed by atoms with Crippen LogP contribution in [0.3, 0.4) is 0 Å². The molecule has 0 aliphatic carbocycles. The number of fused-ring (bicyclic) bond motifs is 1. The third-order valence-electron chi connectivity index (χ3n) is 2.19. The van der Waals surface area contributed by atoms with Crippen molar-refractivity contribution >= 4 is 22.4 Å². The molecular weight excluding hydrogens is 214 g/mol. The fourth-order valence-electron chi connectivity index (χ4n) is 1.46. The summed E-state index contributed by atoms with van der Waals surface area (Å²) in [7, 11) is 3.23. The Morgan fingerprint density at radius 1 is 1.13 bits per heavy atom. The number of nitrogens with zero attached hydrogens (tertiary/aromatic N) is 1. The van der Waals surface area contributed by atoms with E-state index in [0.717, 1.165) is 22.3 Å². The normalized spacial score (nSPS) is 10.3. The highest BCUT2D eigenvalue weighted by Gasteiger charge is 2.05. The largest absolute Gasteiger partial charge is 0.497 e. The SMILES string of the molecule is COc1cc(OC)c2cnc(Cl)cc2c1. The van der Waals surface area contributed by atoms with Crippen molar-refractivity contribution in [2.45, 2.75) is 0 Å². The first-order valence-electron chi connectivity index (χ1n) is 4.42.